The summed E-state index contributed by atoms with van der Waals surface area (Å²) >= 11 is 0. The molecule has 0 N–H and O–H groups in total. The summed E-state index contributed by atoms with van der Waals surface area (Å²) in [7, 11) is 1.31. The number of rotatable bonds is 0. The Morgan fingerprint density at radius 1 is 1.25 bits per heavy atom. The number of hydrogen-bond acceptors (Lipinski definition) is 0. The fourth-order valence-corrected chi connectivity index (χ4v) is 1.82. The molecule has 1 heteroatoms. The lowest BCUT2D eigenvalue weighted by molar-refractivity contribution is 0.716. The predicted molar refractivity (Wildman–Crippen MR) is 41.1 cm³/mol. The highest BCUT2D eigenvalue weighted by molar-refractivity contribution is 6.21. The van der Waals surface area contributed by atoms with E-state index in [4.69, 9.17) is 0 Å². The van der Waals surface area contributed by atoms with E-state index in [1.807, 2.05) is 0 Å². The Morgan fingerprint density at radius 3 is 3.00 bits per heavy atom. The molecule has 46 valence electrons. The van der Waals surface area contributed by atoms with Crippen LogP contribution in [0.15, 0.2) is 11.3 Å². The van der Waals surface area contributed by atoms with Crippen LogP contribution in [0, 0.1) is 0 Å². The molecule has 8 heavy (non-hydrogen) atoms. The summed E-state index contributed by atoms with van der Waals surface area (Å²) in [6.07, 6.45) is 9.56. The van der Waals surface area contributed by atoms with E-state index >= 15 is 0 Å². The Bertz CT molecular complexity index is 94.6. The summed E-state index contributed by atoms with van der Waals surface area (Å²) in [5.74, 6) is 0. The molecule has 0 fully saturated rings. The van der Waals surface area contributed by atoms with Crippen molar-refractivity contribution in [1.29, 1.82) is 0 Å². The molecular weight excluding hydrogens is 112 g/mol. The maximum absolute atomic E-state index is 2.44. The van der Waals surface area contributed by atoms with E-state index in [2.05, 4.69) is 6.08 Å². The first-order valence-corrected chi connectivity index (χ1v) is 4.55. The van der Waals surface area contributed by atoms with Gasteiger partial charge < -0.3 is 0 Å². The fraction of sp³-hybridized carbons (Fsp3) is 0.714. The molecule has 0 unspecified atom stereocenters. The van der Waals surface area contributed by atoms with E-state index in [0.717, 1.165) is 0 Å². The second-order valence-electron chi connectivity index (χ2n) is 2.65. The van der Waals surface area contributed by atoms with Crippen LogP contribution in [0.25, 0.3) is 0 Å². The highest BCUT2D eigenvalue weighted by atomic mass is 28.1. The van der Waals surface area contributed by atoms with Crippen molar-refractivity contribution >= 4 is 10.2 Å². The van der Waals surface area contributed by atoms with Gasteiger partial charge in [-0.2, -0.15) is 0 Å². The molecule has 0 aromatic rings. The molecule has 1 aliphatic carbocycles. The molecular formula is C7H14Si. The molecule has 0 aliphatic heterocycles. The highest BCUT2D eigenvalue weighted by Crippen LogP contribution is 2.13. The van der Waals surface area contributed by atoms with Gasteiger partial charge in [-0.15, -0.1) is 0 Å². The van der Waals surface area contributed by atoms with Crippen molar-refractivity contribution in [3.63, 3.8) is 0 Å². The van der Waals surface area contributed by atoms with Gasteiger partial charge in [0, 0.05) is 10.2 Å². The lowest BCUT2D eigenvalue weighted by atomic mass is 10.2. The molecule has 0 spiro atoms. The molecule has 0 amide bonds. The molecule has 0 nitrogen and oxygen atoms in total. The maximum atomic E-state index is 2.44. The molecule has 1 aliphatic rings. The van der Waals surface area contributed by atoms with Crippen molar-refractivity contribution in [2.75, 3.05) is 0 Å². The molecule has 0 atom stereocenters. The molecule has 0 bridgehead atoms. The molecule has 1 rings (SSSR count). The van der Waals surface area contributed by atoms with Crippen LogP contribution in [0.2, 0.25) is 0 Å². The van der Waals surface area contributed by atoms with Crippen molar-refractivity contribution in [2.24, 2.45) is 0 Å². The quantitative estimate of drug-likeness (QED) is 0.428. The first-order chi connectivity index (χ1) is 3.89. The van der Waals surface area contributed by atoms with Gasteiger partial charge in [0.05, 0.1) is 0 Å². The first kappa shape index (κ1) is 6.08. The third-order valence-corrected chi connectivity index (χ3v) is 2.68. The summed E-state index contributed by atoms with van der Waals surface area (Å²) in [5, 5.41) is 1.74. The van der Waals surface area contributed by atoms with E-state index in [9.17, 15) is 0 Å². The van der Waals surface area contributed by atoms with Crippen LogP contribution < -0.4 is 0 Å². The lowest BCUT2D eigenvalue weighted by Crippen LogP contribution is -1.77. The van der Waals surface area contributed by atoms with Gasteiger partial charge in [0.2, 0.25) is 0 Å². The van der Waals surface area contributed by atoms with Gasteiger partial charge in [-0.3, -0.25) is 0 Å². The highest BCUT2D eigenvalue weighted by Gasteiger charge is 1.95. The maximum Gasteiger partial charge on any atom is 0.0328 e. The molecule has 0 radical (unpaired) electrons. The molecule has 0 aromatic carbocycles. The van der Waals surface area contributed by atoms with Gasteiger partial charge in [-0.1, -0.05) is 17.7 Å². The third-order valence-electron chi connectivity index (χ3n) is 1.77. The van der Waals surface area contributed by atoms with Gasteiger partial charge in [-0.25, -0.2) is 0 Å². The third kappa shape index (κ3) is 1.82. The Balaban J connectivity index is 2.36. The second-order valence-corrected chi connectivity index (χ2v) is 3.93. The van der Waals surface area contributed by atoms with Crippen molar-refractivity contribution in [3.05, 3.63) is 11.3 Å². The smallest absolute Gasteiger partial charge is 0.0328 e. The Labute approximate surface area is 54.4 Å². The van der Waals surface area contributed by atoms with E-state index in [1.165, 1.54) is 42.3 Å². The van der Waals surface area contributed by atoms with Crippen LogP contribution in [-0.4, -0.2) is 10.2 Å². The van der Waals surface area contributed by atoms with Gasteiger partial charge in [0.1, 0.15) is 0 Å². The van der Waals surface area contributed by atoms with Crippen LogP contribution in [-0.2, 0) is 0 Å². The topological polar surface area (TPSA) is 0 Å². The standard InChI is InChI=1S/C7H14Si/c8-7-5-3-1-2-4-6-7/h5H,1-4,6H2,8H3. The van der Waals surface area contributed by atoms with E-state index < -0.39 is 0 Å². The van der Waals surface area contributed by atoms with Crippen molar-refractivity contribution < 1.29 is 0 Å². The van der Waals surface area contributed by atoms with E-state index in [0.29, 0.717) is 0 Å². The SMILES string of the molecule is [SiH3]C1=CCCCCC1. The Morgan fingerprint density at radius 2 is 2.12 bits per heavy atom. The zero-order chi connectivity index (χ0) is 5.82. The monoisotopic (exact) mass is 126 g/mol. The zero-order valence-corrected chi connectivity index (χ0v) is 7.61. The van der Waals surface area contributed by atoms with Crippen molar-refractivity contribution in [2.45, 2.75) is 32.1 Å². The summed E-state index contributed by atoms with van der Waals surface area (Å²) < 4.78 is 0. The van der Waals surface area contributed by atoms with Crippen LogP contribution in [0.4, 0.5) is 0 Å². The van der Waals surface area contributed by atoms with Gasteiger partial charge in [-0.05, 0) is 25.7 Å². The van der Waals surface area contributed by atoms with Crippen LogP contribution in [0.5, 0.6) is 0 Å². The summed E-state index contributed by atoms with van der Waals surface area (Å²) in [4.78, 5) is 0. The van der Waals surface area contributed by atoms with Crippen LogP contribution >= 0.6 is 0 Å². The van der Waals surface area contributed by atoms with E-state index in [1.54, 1.807) is 5.20 Å². The minimum atomic E-state index is 1.31. The first-order valence-electron chi connectivity index (χ1n) is 3.55. The van der Waals surface area contributed by atoms with Crippen molar-refractivity contribution in [3.8, 4) is 0 Å². The number of allylic oxidation sites excluding steroid dienone is 2. The van der Waals surface area contributed by atoms with Gasteiger partial charge in [0.15, 0.2) is 0 Å². The minimum Gasteiger partial charge on any atom is -0.0957 e. The average molecular weight is 126 g/mol. The fourth-order valence-electron chi connectivity index (χ4n) is 1.18. The predicted octanol–water partition coefficient (Wildman–Crippen LogP) is 1.20. The average Bonchev–Trinajstić information content (AvgIpc) is 1.94. The Hall–Kier alpha value is -0.0431. The molecule has 0 saturated heterocycles. The van der Waals surface area contributed by atoms with Crippen LogP contribution in [0.3, 0.4) is 0 Å². The van der Waals surface area contributed by atoms with Gasteiger partial charge >= 0.3 is 0 Å². The van der Waals surface area contributed by atoms with Gasteiger partial charge in [0.25, 0.3) is 0 Å². The summed E-state index contributed by atoms with van der Waals surface area (Å²) in [6.45, 7) is 0. The molecule has 0 aromatic heterocycles. The number of hydrogen-bond donors (Lipinski definition) is 0. The molecule has 0 saturated carbocycles. The minimum absolute atomic E-state index is 1.31. The largest absolute Gasteiger partial charge is 0.0957 e. The van der Waals surface area contributed by atoms with Crippen LogP contribution in [0.1, 0.15) is 32.1 Å². The zero-order valence-electron chi connectivity index (χ0n) is 5.61. The van der Waals surface area contributed by atoms with Crippen molar-refractivity contribution in [1.82, 2.24) is 0 Å². The second kappa shape index (κ2) is 3.08. The van der Waals surface area contributed by atoms with E-state index in [-0.39, 0.29) is 0 Å². The summed E-state index contributed by atoms with van der Waals surface area (Å²) in [5.41, 5.74) is 0. The normalized spacial score (nSPS) is 22.2. The summed E-state index contributed by atoms with van der Waals surface area (Å²) in [6, 6.07) is 0. The lowest BCUT2D eigenvalue weighted by Gasteiger charge is -1.91. The Kier molecular flexibility index (Phi) is 2.34. The molecule has 0 heterocycles.